The topological polar surface area (TPSA) is 86.6 Å². The van der Waals surface area contributed by atoms with Crippen molar-refractivity contribution in [3.05, 3.63) is 35.4 Å². The van der Waals surface area contributed by atoms with Crippen molar-refractivity contribution in [2.75, 3.05) is 6.61 Å². The van der Waals surface area contributed by atoms with Gasteiger partial charge in [0.2, 0.25) is 5.91 Å². The van der Waals surface area contributed by atoms with Crippen molar-refractivity contribution >= 4 is 11.9 Å². The third-order valence-corrected chi connectivity index (χ3v) is 4.23. The van der Waals surface area contributed by atoms with E-state index >= 15 is 0 Å². The summed E-state index contributed by atoms with van der Waals surface area (Å²) in [6.07, 6.45) is 2.44. The first-order valence-electron chi connectivity index (χ1n) is 7.21. The van der Waals surface area contributed by atoms with Gasteiger partial charge in [-0.3, -0.25) is 4.79 Å². The van der Waals surface area contributed by atoms with Gasteiger partial charge in [0.25, 0.3) is 0 Å². The first-order valence-corrected chi connectivity index (χ1v) is 7.21. The zero-order chi connectivity index (χ0) is 15.5. The van der Waals surface area contributed by atoms with E-state index in [4.69, 9.17) is 10.2 Å². The van der Waals surface area contributed by atoms with Gasteiger partial charge in [0.15, 0.2) is 0 Å². The highest BCUT2D eigenvalue weighted by Gasteiger charge is 2.46. The summed E-state index contributed by atoms with van der Waals surface area (Å²) < 4.78 is 0. The van der Waals surface area contributed by atoms with E-state index in [2.05, 4.69) is 5.32 Å². The first-order chi connectivity index (χ1) is 9.99. The minimum absolute atomic E-state index is 0.0188. The van der Waals surface area contributed by atoms with Gasteiger partial charge >= 0.3 is 5.97 Å². The summed E-state index contributed by atoms with van der Waals surface area (Å²) in [4.78, 5) is 23.7. The van der Waals surface area contributed by atoms with Gasteiger partial charge in [-0.25, -0.2) is 4.79 Å². The SMILES string of the molecule is Cc1cccc(C2(C(=O)N[C@H](CCO)C(=O)O)CCC2)c1. The second kappa shape index (κ2) is 6.26. The first kappa shape index (κ1) is 15.5. The van der Waals surface area contributed by atoms with Gasteiger partial charge in [0.1, 0.15) is 6.04 Å². The molecule has 0 heterocycles. The Labute approximate surface area is 124 Å². The average molecular weight is 291 g/mol. The summed E-state index contributed by atoms with van der Waals surface area (Å²) in [6.45, 7) is 1.70. The second-order valence-corrected chi connectivity index (χ2v) is 5.68. The molecule has 2 rings (SSSR count). The van der Waals surface area contributed by atoms with Crippen molar-refractivity contribution in [3.8, 4) is 0 Å². The summed E-state index contributed by atoms with van der Waals surface area (Å²) in [6, 6.07) is 6.76. The highest BCUT2D eigenvalue weighted by molar-refractivity contribution is 5.92. The Hall–Kier alpha value is -1.88. The van der Waals surface area contributed by atoms with E-state index in [0.29, 0.717) is 0 Å². The molecule has 1 saturated carbocycles. The van der Waals surface area contributed by atoms with Crippen LogP contribution >= 0.6 is 0 Å². The molecule has 21 heavy (non-hydrogen) atoms. The van der Waals surface area contributed by atoms with E-state index in [0.717, 1.165) is 30.4 Å². The highest BCUT2D eigenvalue weighted by Crippen LogP contribution is 2.44. The number of nitrogens with one attached hydrogen (secondary N) is 1. The van der Waals surface area contributed by atoms with Crippen LogP contribution in [0.4, 0.5) is 0 Å². The molecule has 1 amide bonds. The quantitative estimate of drug-likeness (QED) is 0.739. The standard InChI is InChI=1S/C16H21NO4/c1-11-4-2-5-12(10-11)16(7-3-8-16)15(21)17-13(6-9-18)14(19)20/h2,4-5,10,13,18H,3,6-9H2,1H3,(H,17,21)(H,19,20)/t13-/m1/s1. The average Bonchev–Trinajstić information content (AvgIpc) is 2.37. The molecule has 1 aliphatic rings. The number of carbonyl (C=O) groups is 2. The lowest BCUT2D eigenvalue weighted by Gasteiger charge is -2.41. The van der Waals surface area contributed by atoms with Crippen LogP contribution < -0.4 is 5.32 Å². The molecule has 1 atom stereocenters. The van der Waals surface area contributed by atoms with Gasteiger partial charge < -0.3 is 15.5 Å². The fourth-order valence-electron chi connectivity index (χ4n) is 2.80. The van der Waals surface area contributed by atoms with Crippen LogP contribution in [0.2, 0.25) is 0 Å². The molecular weight excluding hydrogens is 270 g/mol. The number of aliphatic hydroxyl groups is 1. The van der Waals surface area contributed by atoms with Crippen LogP contribution in [0.25, 0.3) is 0 Å². The predicted octanol–water partition coefficient (Wildman–Crippen LogP) is 1.37. The van der Waals surface area contributed by atoms with E-state index in [1.165, 1.54) is 0 Å². The van der Waals surface area contributed by atoms with E-state index in [1.54, 1.807) is 0 Å². The smallest absolute Gasteiger partial charge is 0.326 e. The van der Waals surface area contributed by atoms with Crippen molar-refractivity contribution in [1.82, 2.24) is 5.32 Å². The molecule has 1 aromatic carbocycles. The lowest BCUT2D eigenvalue weighted by molar-refractivity contribution is -0.144. The lowest BCUT2D eigenvalue weighted by atomic mass is 9.63. The molecule has 1 aromatic rings. The van der Waals surface area contributed by atoms with Gasteiger partial charge in [-0.2, -0.15) is 0 Å². The number of rotatable bonds is 6. The third-order valence-electron chi connectivity index (χ3n) is 4.23. The number of aryl methyl sites for hydroxylation is 1. The van der Waals surface area contributed by atoms with Crippen molar-refractivity contribution in [3.63, 3.8) is 0 Å². The molecule has 5 heteroatoms. The fourth-order valence-corrected chi connectivity index (χ4v) is 2.80. The summed E-state index contributed by atoms with van der Waals surface area (Å²) in [5, 5.41) is 20.6. The Bertz CT molecular complexity index is 537. The van der Waals surface area contributed by atoms with Gasteiger partial charge in [0, 0.05) is 13.0 Å². The van der Waals surface area contributed by atoms with Gasteiger partial charge in [-0.05, 0) is 25.3 Å². The number of benzene rings is 1. The normalized spacial score (nSPS) is 17.6. The maximum absolute atomic E-state index is 12.6. The van der Waals surface area contributed by atoms with Crippen LogP contribution in [0.5, 0.6) is 0 Å². The van der Waals surface area contributed by atoms with Crippen LogP contribution in [0, 0.1) is 6.92 Å². The van der Waals surface area contributed by atoms with Gasteiger partial charge in [-0.1, -0.05) is 36.2 Å². The third kappa shape index (κ3) is 3.08. The Balaban J connectivity index is 2.20. The van der Waals surface area contributed by atoms with Crippen LogP contribution in [0.15, 0.2) is 24.3 Å². The van der Waals surface area contributed by atoms with E-state index < -0.39 is 17.4 Å². The molecule has 0 aromatic heterocycles. The van der Waals surface area contributed by atoms with E-state index in [9.17, 15) is 9.59 Å². The summed E-state index contributed by atoms with van der Waals surface area (Å²) in [7, 11) is 0. The lowest BCUT2D eigenvalue weighted by Crippen LogP contribution is -2.54. The van der Waals surface area contributed by atoms with Gasteiger partial charge in [-0.15, -0.1) is 0 Å². The van der Waals surface area contributed by atoms with Gasteiger partial charge in [0.05, 0.1) is 5.41 Å². The molecule has 5 nitrogen and oxygen atoms in total. The molecule has 3 N–H and O–H groups in total. The second-order valence-electron chi connectivity index (χ2n) is 5.68. The van der Waals surface area contributed by atoms with Crippen LogP contribution in [0.1, 0.15) is 36.8 Å². The largest absolute Gasteiger partial charge is 0.480 e. The molecule has 0 radical (unpaired) electrons. The maximum atomic E-state index is 12.6. The molecule has 1 fully saturated rings. The molecule has 0 bridgehead atoms. The maximum Gasteiger partial charge on any atom is 0.326 e. The summed E-state index contributed by atoms with van der Waals surface area (Å²) in [5.41, 5.74) is 1.41. The molecule has 1 aliphatic carbocycles. The van der Waals surface area contributed by atoms with Crippen molar-refractivity contribution < 1.29 is 19.8 Å². The monoisotopic (exact) mass is 291 g/mol. The molecule has 0 spiro atoms. The number of hydrogen-bond donors (Lipinski definition) is 3. The number of aliphatic hydroxyl groups excluding tert-OH is 1. The predicted molar refractivity (Wildman–Crippen MR) is 78.0 cm³/mol. The Morgan fingerprint density at radius 2 is 2.10 bits per heavy atom. The minimum Gasteiger partial charge on any atom is -0.480 e. The zero-order valence-electron chi connectivity index (χ0n) is 12.1. The van der Waals surface area contributed by atoms with E-state index in [-0.39, 0.29) is 18.9 Å². The number of hydrogen-bond acceptors (Lipinski definition) is 3. The number of amides is 1. The van der Waals surface area contributed by atoms with Crippen molar-refractivity contribution in [2.24, 2.45) is 0 Å². The van der Waals surface area contributed by atoms with Crippen LogP contribution in [-0.4, -0.2) is 34.7 Å². The minimum atomic E-state index is -1.11. The fraction of sp³-hybridized carbons (Fsp3) is 0.500. The molecule has 0 aliphatic heterocycles. The molecule has 0 unspecified atom stereocenters. The van der Waals surface area contributed by atoms with E-state index in [1.807, 2.05) is 31.2 Å². The Morgan fingerprint density at radius 3 is 2.57 bits per heavy atom. The molecule has 114 valence electrons. The summed E-state index contributed by atoms with van der Waals surface area (Å²) >= 11 is 0. The van der Waals surface area contributed by atoms with Crippen molar-refractivity contribution in [2.45, 2.75) is 44.1 Å². The number of carbonyl (C=O) groups excluding carboxylic acids is 1. The molecule has 0 saturated heterocycles. The van der Waals surface area contributed by atoms with Crippen LogP contribution in [0.3, 0.4) is 0 Å². The zero-order valence-corrected chi connectivity index (χ0v) is 12.1. The Kier molecular flexibility index (Phi) is 4.63. The van der Waals surface area contributed by atoms with Crippen molar-refractivity contribution in [1.29, 1.82) is 0 Å². The summed E-state index contributed by atoms with van der Waals surface area (Å²) in [5.74, 6) is -1.36. The number of carboxylic acid groups (broad SMARTS) is 1. The van der Waals surface area contributed by atoms with Crippen LogP contribution in [-0.2, 0) is 15.0 Å². The Morgan fingerprint density at radius 1 is 1.38 bits per heavy atom. The molecular formula is C16H21NO4. The number of aliphatic carboxylic acids is 1. The number of carboxylic acids is 1. The highest BCUT2D eigenvalue weighted by atomic mass is 16.4.